The molecule has 88 valence electrons. The molecule has 0 aliphatic carbocycles. The van der Waals surface area contributed by atoms with E-state index in [4.69, 9.17) is 0 Å². The predicted octanol–water partition coefficient (Wildman–Crippen LogP) is 2.79. The highest BCUT2D eigenvalue weighted by Crippen LogP contribution is 2.30. The van der Waals surface area contributed by atoms with Crippen LogP contribution in [0.2, 0.25) is 0 Å². The van der Waals surface area contributed by atoms with Crippen LogP contribution in [0.5, 0.6) is 0 Å². The molecule has 0 spiro atoms. The van der Waals surface area contributed by atoms with Gasteiger partial charge in [-0.1, -0.05) is 0 Å². The summed E-state index contributed by atoms with van der Waals surface area (Å²) in [6, 6.07) is 2.39. The van der Waals surface area contributed by atoms with Crippen molar-refractivity contribution < 1.29 is 8.78 Å². The Kier molecular flexibility index (Phi) is 3.06. The van der Waals surface area contributed by atoms with Crippen LogP contribution >= 0.6 is 15.9 Å². The lowest BCUT2D eigenvalue weighted by Crippen LogP contribution is -2.12. The summed E-state index contributed by atoms with van der Waals surface area (Å²) in [6.07, 6.45) is 1.27. The van der Waals surface area contributed by atoms with E-state index in [1.165, 1.54) is 12.3 Å². The Morgan fingerprint density at radius 2 is 2.06 bits per heavy atom. The summed E-state index contributed by atoms with van der Waals surface area (Å²) in [4.78, 5) is 16.9. The average molecular weight is 301 g/mol. The third-order valence-corrected chi connectivity index (χ3v) is 2.91. The summed E-state index contributed by atoms with van der Waals surface area (Å²) in [7, 11) is 0. The molecule has 1 aromatic heterocycles. The standard InChI is InChI=1S/C11H7BrF2N2O/c1-5-4-15-11(17)16-10(5)8-7(13)3-2-6(12)9(8)14/h2-4H,1H3,(H,15,16,17). The van der Waals surface area contributed by atoms with Crippen LogP contribution in [0, 0.1) is 18.6 Å². The summed E-state index contributed by atoms with van der Waals surface area (Å²) in [5.41, 5.74) is -0.331. The van der Waals surface area contributed by atoms with Gasteiger partial charge in [0, 0.05) is 6.20 Å². The summed E-state index contributed by atoms with van der Waals surface area (Å²) >= 11 is 2.97. The van der Waals surface area contributed by atoms with Gasteiger partial charge in [0.2, 0.25) is 0 Å². The van der Waals surface area contributed by atoms with Crippen molar-refractivity contribution in [3.63, 3.8) is 0 Å². The normalized spacial score (nSPS) is 10.6. The highest BCUT2D eigenvalue weighted by atomic mass is 79.9. The van der Waals surface area contributed by atoms with Crippen molar-refractivity contribution in [1.82, 2.24) is 9.97 Å². The van der Waals surface area contributed by atoms with E-state index in [0.717, 1.165) is 6.07 Å². The Labute approximate surface area is 104 Å². The van der Waals surface area contributed by atoms with Gasteiger partial charge in [0.15, 0.2) is 0 Å². The van der Waals surface area contributed by atoms with E-state index >= 15 is 0 Å². The quantitative estimate of drug-likeness (QED) is 0.823. The minimum absolute atomic E-state index is 0.0984. The first-order chi connectivity index (χ1) is 8.00. The zero-order chi connectivity index (χ0) is 12.6. The third-order valence-electron chi connectivity index (χ3n) is 2.30. The molecule has 0 unspecified atom stereocenters. The molecular weight excluding hydrogens is 294 g/mol. The summed E-state index contributed by atoms with van der Waals surface area (Å²) in [5.74, 6) is -1.49. The molecule has 1 N–H and O–H groups in total. The van der Waals surface area contributed by atoms with Crippen LogP contribution in [0.25, 0.3) is 11.3 Å². The van der Waals surface area contributed by atoms with Crippen molar-refractivity contribution in [2.45, 2.75) is 6.92 Å². The second-order valence-electron chi connectivity index (χ2n) is 3.46. The Hall–Kier alpha value is -1.56. The number of hydrogen-bond acceptors (Lipinski definition) is 2. The highest BCUT2D eigenvalue weighted by molar-refractivity contribution is 9.10. The maximum atomic E-state index is 13.8. The van der Waals surface area contributed by atoms with E-state index in [2.05, 4.69) is 25.9 Å². The van der Waals surface area contributed by atoms with E-state index in [1.54, 1.807) is 6.92 Å². The van der Waals surface area contributed by atoms with Crippen LogP contribution in [0.3, 0.4) is 0 Å². The van der Waals surface area contributed by atoms with Gasteiger partial charge in [0.05, 0.1) is 15.7 Å². The molecule has 0 atom stereocenters. The topological polar surface area (TPSA) is 45.8 Å². The molecule has 0 amide bonds. The molecule has 0 saturated carbocycles. The first-order valence-electron chi connectivity index (χ1n) is 4.70. The van der Waals surface area contributed by atoms with E-state index in [1.807, 2.05) is 0 Å². The van der Waals surface area contributed by atoms with Gasteiger partial charge in [-0.05, 0) is 40.5 Å². The van der Waals surface area contributed by atoms with Gasteiger partial charge < -0.3 is 4.98 Å². The Balaban J connectivity index is 2.81. The van der Waals surface area contributed by atoms with Crippen LogP contribution in [-0.2, 0) is 0 Å². The van der Waals surface area contributed by atoms with Crippen molar-refractivity contribution in [2.75, 3.05) is 0 Å². The molecule has 0 fully saturated rings. The summed E-state index contributed by atoms with van der Waals surface area (Å²) < 4.78 is 27.6. The van der Waals surface area contributed by atoms with E-state index in [-0.39, 0.29) is 15.7 Å². The predicted molar refractivity (Wildman–Crippen MR) is 62.6 cm³/mol. The summed E-state index contributed by atoms with van der Waals surface area (Å²) in [6.45, 7) is 1.61. The Morgan fingerprint density at radius 3 is 2.76 bits per heavy atom. The number of hydrogen-bond donors (Lipinski definition) is 1. The number of H-pyrrole nitrogens is 1. The molecule has 0 saturated heterocycles. The fourth-order valence-corrected chi connectivity index (χ4v) is 1.80. The fourth-order valence-electron chi connectivity index (χ4n) is 1.47. The zero-order valence-corrected chi connectivity index (χ0v) is 10.3. The first kappa shape index (κ1) is 11.9. The van der Waals surface area contributed by atoms with E-state index in [0.29, 0.717) is 5.56 Å². The number of benzene rings is 1. The molecular formula is C11H7BrF2N2O. The van der Waals surface area contributed by atoms with Gasteiger partial charge in [0.25, 0.3) is 0 Å². The van der Waals surface area contributed by atoms with E-state index < -0.39 is 17.3 Å². The van der Waals surface area contributed by atoms with Gasteiger partial charge in [-0.2, -0.15) is 0 Å². The second kappa shape index (κ2) is 4.37. The second-order valence-corrected chi connectivity index (χ2v) is 4.32. The van der Waals surface area contributed by atoms with E-state index in [9.17, 15) is 13.6 Å². The van der Waals surface area contributed by atoms with Gasteiger partial charge in [0.1, 0.15) is 11.6 Å². The number of nitrogens with zero attached hydrogens (tertiary/aromatic N) is 1. The van der Waals surface area contributed by atoms with Crippen LogP contribution in [0.15, 0.2) is 27.6 Å². The highest BCUT2D eigenvalue weighted by Gasteiger charge is 2.17. The van der Waals surface area contributed by atoms with Gasteiger partial charge in [-0.25, -0.2) is 18.6 Å². The average Bonchev–Trinajstić information content (AvgIpc) is 2.29. The maximum absolute atomic E-state index is 13.8. The molecule has 3 nitrogen and oxygen atoms in total. The van der Waals surface area contributed by atoms with Crippen LogP contribution < -0.4 is 5.69 Å². The van der Waals surface area contributed by atoms with Gasteiger partial charge in [-0.3, -0.25) is 0 Å². The molecule has 1 heterocycles. The van der Waals surface area contributed by atoms with Crippen molar-refractivity contribution in [3.05, 3.63) is 50.5 Å². The lowest BCUT2D eigenvalue weighted by molar-refractivity contribution is 0.584. The molecule has 0 aliphatic heterocycles. The Morgan fingerprint density at radius 1 is 1.35 bits per heavy atom. The number of halogens is 3. The minimum atomic E-state index is -0.755. The number of aromatic nitrogens is 2. The Bertz CT molecular complexity index is 640. The van der Waals surface area contributed by atoms with Crippen molar-refractivity contribution in [1.29, 1.82) is 0 Å². The maximum Gasteiger partial charge on any atom is 0.345 e. The van der Waals surface area contributed by atoms with Crippen LogP contribution in [0.1, 0.15) is 5.56 Å². The molecule has 0 aliphatic rings. The molecule has 1 aromatic carbocycles. The number of aryl methyl sites for hydroxylation is 1. The first-order valence-corrected chi connectivity index (χ1v) is 5.50. The molecule has 0 bridgehead atoms. The molecule has 17 heavy (non-hydrogen) atoms. The number of rotatable bonds is 1. The molecule has 2 rings (SSSR count). The van der Waals surface area contributed by atoms with Gasteiger partial charge in [-0.15, -0.1) is 0 Å². The SMILES string of the molecule is Cc1cnc(=O)[nH]c1-c1c(F)ccc(Br)c1F. The lowest BCUT2D eigenvalue weighted by atomic mass is 10.1. The van der Waals surface area contributed by atoms with Crippen molar-refractivity contribution in [3.8, 4) is 11.3 Å². The van der Waals surface area contributed by atoms with Crippen LogP contribution in [0.4, 0.5) is 8.78 Å². The van der Waals surface area contributed by atoms with Crippen molar-refractivity contribution in [2.24, 2.45) is 0 Å². The molecule has 0 radical (unpaired) electrons. The number of aromatic amines is 1. The number of nitrogens with one attached hydrogen (secondary N) is 1. The van der Waals surface area contributed by atoms with Gasteiger partial charge >= 0.3 is 5.69 Å². The smallest absolute Gasteiger partial charge is 0.305 e. The van der Waals surface area contributed by atoms with Crippen molar-refractivity contribution >= 4 is 15.9 Å². The third kappa shape index (κ3) is 2.12. The van der Waals surface area contributed by atoms with Crippen LogP contribution in [-0.4, -0.2) is 9.97 Å². The zero-order valence-electron chi connectivity index (χ0n) is 8.72. The largest absolute Gasteiger partial charge is 0.345 e. The molecule has 6 heteroatoms. The lowest BCUT2D eigenvalue weighted by Gasteiger charge is -2.08. The minimum Gasteiger partial charge on any atom is -0.305 e. The monoisotopic (exact) mass is 300 g/mol. The fraction of sp³-hybridized carbons (Fsp3) is 0.0909. The summed E-state index contributed by atoms with van der Waals surface area (Å²) in [5, 5.41) is 0. The molecule has 2 aromatic rings.